The normalized spacial score (nSPS) is 40.0. The summed E-state index contributed by atoms with van der Waals surface area (Å²) < 4.78 is 0. The maximum absolute atomic E-state index is 13.1. The number of hydrogen-bond donors (Lipinski definition) is 1. The van der Waals surface area contributed by atoms with E-state index in [0.717, 1.165) is 38.5 Å². The molecule has 1 amide bonds. The number of rotatable bonds is 2. The van der Waals surface area contributed by atoms with Crippen LogP contribution in [0.1, 0.15) is 79.6 Å². The summed E-state index contributed by atoms with van der Waals surface area (Å²) in [4.78, 5) is 24.4. The molecule has 4 nitrogen and oxygen atoms in total. The number of carbonyl (C=O) groups excluding carboxylic acids is 2. The van der Waals surface area contributed by atoms with Crippen molar-refractivity contribution in [2.45, 2.75) is 85.1 Å². The van der Waals surface area contributed by atoms with Crippen LogP contribution in [0.25, 0.3) is 0 Å². The van der Waals surface area contributed by atoms with Crippen molar-refractivity contribution in [1.29, 1.82) is 0 Å². The number of amides is 1. The van der Waals surface area contributed by atoms with Gasteiger partial charge in [-0.05, 0) is 105 Å². The van der Waals surface area contributed by atoms with Gasteiger partial charge in [0.1, 0.15) is 0 Å². The van der Waals surface area contributed by atoms with Gasteiger partial charge in [0.25, 0.3) is 0 Å². The average Bonchev–Trinajstić information content (AvgIpc) is 2.96. The molecule has 4 aliphatic rings. The first kappa shape index (κ1) is 24.1. The molecule has 5 heteroatoms. The zero-order chi connectivity index (χ0) is 21.2. The molecule has 4 rings (SSSR count). The fourth-order valence-corrected chi connectivity index (χ4v) is 7.37. The van der Waals surface area contributed by atoms with Gasteiger partial charge >= 0.3 is 29.6 Å². The van der Waals surface area contributed by atoms with Gasteiger partial charge in [0.05, 0.1) is 5.97 Å². The van der Waals surface area contributed by atoms with E-state index in [0.29, 0.717) is 29.7 Å². The van der Waals surface area contributed by atoms with E-state index >= 15 is 0 Å². The predicted octanol–water partition coefficient (Wildman–Crippen LogP) is 0.770. The first-order chi connectivity index (χ1) is 13.5. The molecule has 0 aromatic heterocycles. The Morgan fingerprint density at radius 3 is 2.43 bits per heavy atom. The van der Waals surface area contributed by atoms with E-state index in [2.05, 4.69) is 46.0 Å². The first-order valence-electron chi connectivity index (χ1n) is 11.4. The zero-order valence-electron chi connectivity index (χ0n) is 19.6. The molecular formula is C25H36NNaO3. The van der Waals surface area contributed by atoms with Crippen molar-refractivity contribution in [3.63, 3.8) is 0 Å². The van der Waals surface area contributed by atoms with Crippen molar-refractivity contribution in [3.8, 4) is 0 Å². The van der Waals surface area contributed by atoms with Crippen LogP contribution >= 0.6 is 0 Å². The Bertz CT molecular complexity index is 795. The number of fused-ring (bicyclic) bond motifs is 5. The predicted molar refractivity (Wildman–Crippen MR) is 112 cm³/mol. The van der Waals surface area contributed by atoms with Crippen molar-refractivity contribution in [3.05, 3.63) is 23.3 Å². The van der Waals surface area contributed by atoms with Gasteiger partial charge in [-0.25, -0.2) is 0 Å². The quantitative estimate of drug-likeness (QED) is 0.670. The van der Waals surface area contributed by atoms with E-state index in [9.17, 15) is 14.7 Å². The zero-order valence-corrected chi connectivity index (χ0v) is 21.6. The van der Waals surface area contributed by atoms with Crippen LogP contribution in [0.4, 0.5) is 0 Å². The Balaban J connectivity index is 0.00000256. The number of aliphatic carboxylic acids is 1. The maximum Gasteiger partial charge on any atom is 1.00 e. The number of carbonyl (C=O) groups is 2. The molecule has 0 aliphatic heterocycles. The van der Waals surface area contributed by atoms with E-state index in [1.807, 2.05) is 6.08 Å². The van der Waals surface area contributed by atoms with Crippen LogP contribution in [-0.4, -0.2) is 17.4 Å². The monoisotopic (exact) mass is 421 g/mol. The summed E-state index contributed by atoms with van der Waals surface area (Å²) in [5.74, 6) is 1.10. The third kappa shape index (κ3) is 3.86. The minimum atomic E-state index is -1.02. The molecule has 2 saturated carbocycles. The minimum Gasteiger partial charge on any atom is -0.545 e. The largest absolute Gasteiger partial charge is 1.00 e. The number of allylic oxidation sites excluding steroid dienone is 3. The number of nitrogens with one attached hydrogen (secondary N) is 1. The molecule has 0 spiro atoms. The standard InChI is InChI=1S/C25H37NO3.Na/c1-23(2,3)26-21(27)20-9-8-18-17-7-6-16-14-15(22(28)29)10-12-24(16,4)19(17)11-13-25(18,20)5;/h6,14,17-20H,7-13H2,1-5H3,(H,26,27)(H,28,29);/q;+1/p-1/t17?,18?,19?,20-,24+,25+;/m1./s1. The van der Waals surface area contributed by atoms with Crippen molar-refractivity contribution >= 4 is 11.9 Å². The third-order valence-corrected chi connectivity index (χ3v) is 8.85. The average molecular weight is 422 g/mol. The van der Waals surface area contributed by atoms with E-state index in [1.165, 1.54) is 5.57 Å². The van der Waals surface area contributed by atoms with Gasteiger partial charge in [0.15, 0.2) is 0 Å². The molecule has 3 unspecified atom stereocenters. The molecule has 160 valence electrons. The van der Waals surface area contributed by atoms with Crippen molar-refractivity contribution < 1.29 is 44.3 Å². The molecule has 0 bridgehead atoms. The van der Waals surface area contributed by atoms with E-state index < -0.39 is 5.97 Å². The SMILES string of the molecule is CC(C)(C)NC(=O)[C@H]1CCC2C3CC=C4C=C(C(=O)[O-])CC[C@]4(C)C3CC[C@@]21C.[Na+]. The topological polar surface area (TPSA) is 69.2 Å². The van der Waals surface area contributed by atoms with Crippen molar-refractivity contribution in [2.24, 2.45) is 34.5 Å². The van der Waals surface area contributed by atoms with Crippen LogP contribution in [-0.2, 0) is 9.59 Å². The number of hydrogen-bond acceptors (Lipinski definition) is 3. The van der Waals surface area contributed by atoms with Crippen LogP contribution in [0.15, 0.2) is 23.3 Å². The molecule has 0 saturated heterocycles. The second kappa shape index (κ2) is 8.08. The van der Waals surface area contributed by atoms with Crippen LogP contribution in [0.3, 0.4) is 0 Å². The molecule has 6 atom stereocenters. The van der Waals surface area contributed by atoms with Gasteiger partial charge in [0, 0.05) is 11.5 Å². The summed E-state index contributed by atoms with van der Waals surface area (Å²) in [6, 6.07) is 0. The Morgan fingerprint density at radius 1 is 1.10 bits per heavy atom. The number of carboxylic acids is 1. The molecule has 0 heterocycles. The van der Waals surface area contributed by atoms with Crippen LogP contribution < -0.4 is 40.0 Å². The van der Waals surface area contributed by atoms with Gasteiger partial charge in [-0.3, -0.25) is 4.79 Å². The van der Waals surface area contributed by atoms with Crippen LogP contribution in [0.2, 0.25) is 0 Å². The van der Waals surface area contributed by atoms with Crippen molar-refractivity contribution in [2.75, 3.05) is 0 Å². The van der Waals surface area contributed by atoms with Crippen LogP contribution in [0.5, 0.6) is 0 Å². The molecule has 2 fully saturated rings. The van der Waals surface area contributed by atoms with Crippen molar-refractivity contribution in [1.82, 2.24) is 5.32 Å². The Kier molecular flexibility index (Phi) is 6.48. The van der Waals surface area contributed by atoms with Gasteiger partial charge in [0.2, 0.25) is 5.91 Å². The van der Waals surface area contributed by atoms with Gasteiger partial charge in [-0.15, -0.1) is 0 Å². The smallest absolute Gasteiger partial charge is 0.545 e. The molecule has 0 radical (unpaired) electrons. The van der Waals surface area contributed by atoms with E-state index in [1.54, 1.807) is 0 Å². The number of carboxylic acid groups (broad SMARTS) is 1. The summed E-state index contributed by atoms with van der Waals surface area (Å²) in [6.07, 6.45) is 11.1. The second-order valence-electron chi connectivity index (χ2n) is 11.6. The van der Waals surface area contributed by atoms with E-state index in [4.69, 9.17) is 0 Å². The summed E-state index contributed by atoms with van der Waals surface area (Å²) in [5, 5.41) is 14.6. The minimum absolute atomic E-state index is 0. The molecule has 0 aromatic rings. The fourth-order valence-electron chi connectivity index (χ4n) is 7.37. The molecular weight excluding hydrogens is 385 g/mol. The van der Waals surface area contributed by atoms with Gasteiger partial charge < -0.3 is 15.2 Å². The molecule has 1 N–H and O–H groups in total. The summed E-state index contributed by atoms with van der Waals surface area (Å²) >= 11 is 0. The summed E-state index contributed by atoms with van der Waals surface area (Å²) in [7, 11) is 0. The summed E-state index contributed by atoms with van der Waals surface area (Å²) in [6.45, 7) is 10.9. The third-order valence-electron chi connectivity index (χ3n) is 8.85. The van der Waals surface area contributed by atoms with E-state index in [-0.39, 0.29) is 57.8 Å². The molecule has 0 aromatic carbocycles. The Morgan fingerprint density at radius 2 is 1.80 bits per heavy atom. The van der Waals surface area contributed by atoms with Gasteiger partial charge in [-0.1, -0.05) is 26.0 Å². The fraction of sp³-hybridized carbons (Fsp3) is 0.760. The maximum atomic E-state index is 13.1. The molecule has 4 aliphatic carbocycles. The Labute approximate surface area is 203 Å². The molecule has 30 heavy (non-hydrogen) atoms. The van der Waals surface area contributed by atoms with Crippen LogP contribution in [0, 0.1) is 34.5 Å². The van der Waals surface area contributed by atoms with Gasteiger partial charge in [-0.2, -0.15) is 0 Å². The second-order valence-corrected chi connectivity index (χ2v) is 11.6. The first-order valence-corrected chi connectivity index (χ1v) is 11.4. The Hall–Kier alpha value is -0.580. The summed E-state index contributed by atoms with van der Waals surface area (Å²) in [5.41, 5.74) is 1.62.